The summed E-state index contributed by atoms with van der Waals surface area (Å²) in [6.45, 7) is 7.58. The lowest BCUT2D eigenvalue weighted by atomic mass is 9.92. The van der Waals surface area contributed by atoms with Crippen LogP contribution >= 0.6 is 0 Å². The van der Waals surface area contributed by atoms with Crippen LogP contribution in [-0.4, -0.2) is 28.1 Å². The summed E-state index contributed by atoms with van der Waals surface area (Å²) in [7, 11) is 0. The van der Waals surface area contributed by atoms with Crippen LogP contribution in [0.25, 0.3) is 22.0 Å². The summed E-state index contributed by atoms with van der Waals surface area (Å²) in [5.41, 5.74) is 3.17. The van der Waals surface area contributed by atoms with Gasteiger partial charge in [-0.15, -0.1) is 0 Å². The Morgan fingerprint density at radius 3 is 2.21 bits per heavy atom. The minimum atomic E-state index is -4.46. The van der Waals surface area contributed by atoms with E-state index in [1.165, 1.54) is 12.1 Å². The number of aryl methyl sites for hydroxylation is 2. The van der Waals surface area contributed by atoms with Crippen LogP contribution < -0.4 is 5.32 Å². The first-order valence-corrected chi connectivity index (χ1v) is 13.4. The van der Waals surface area contributed by atoms with E-state index in [2.05, 4.69) is 19.2 Å². The molecule has 2 N–H and O–H groups in total. The molecule has 0 aliphatic carbocycles. The zero-order valence-electron chi connectivity index (χ0n) is 23.3. The number of carboxylic acids is 1. The van der Waals surface area contributed by atoms with Crippen molar-refractivity contribution in [3.05, 3.63) is 94.4 Å². The fraction of sp³-hybridized carbons (Fsp3) is 0.333. The van der Waals surface area contributed by atoms with E-state index in [-0.39, 0.29) is 38.3 Å². The molecule has 42 heavy (non-hydrogen) atoms. The molecule has 5 nitrogen and oxygen atoms in total. The second kappa shape index (κ2) is 12.8. The van der Waals surface area contributed by atoms with E-state index in [1.54, 1.807) is 19.1 Å². The van der Waals surface area contributed by atoms with Crippen LogP contribution in [0.4, 0.5) is 17.6 Å². The number of hydrogen-bond acceptors (Lipinski definition) is 2. The first kappa shape index (κ1) is 32.4. The zero-order valence-corrected chi connectivity index (χ0v) is 23.3. The number of aliphatic carboxylic acids is 1. The topological polar surface area (TPSA) is 71.3 Å². The van der Waals surface area contributed by atoms with Gasteiger partial charge < -0.3 is 15.0 Å². The fourth-order valence-corrected chi connectivity index (χ4v) is 5.23. The van der Waals surface area contributed by atoms with Gasteiger partial charge in [0.2, 0.25) is 0 Å². The molecule has 1 amide bonds. The van der Waals surface area contributed by atoms with Crippen molar-refractivity contribution in [3.8, 4) is 11.1 Å². The van der Waals surface area contributed by atoms with Crippen LogP contribution in [-0.2, 0) is 11.0 Å². The standard InChI is InChI=1S/C32H32F4N2O3.CH4/c1-18(2)15-28(21-5-7-22(8-6-21)31(41)37-13-11-29(39)40)38-14-12-25-20(4)26(17-27(33)30(25)38)24-10-9-23(16-19(24)3)32(34,35)36;/h5-10,12,14,16-18,28H,11,13,15H2,1-4H3,(H,37,41)(H,39,40);1H4. The van der Waals surface area contributed by atoms with Crippen LogP contribution in [0.2, 0.25) is 0 Å². The number of aromatic nitrogens is 1. The quantitative estimate of drug-likeness (QED) is 0.194. The fourth-order valence-electron chi connectivity index (χ4n) is 5.23. The van der Waals surface area contributed by atoms with Crippen LogP contribution in [0.5, 0.6) is 0 Å². The molecule has 1 atom stereocenters. The Kier molecular flexibility index (Phi) is 9.86. The number of carbonyl (C=O) groups is 2. The summed E-state index contributed by atoms with van der Waals surface area (Å²) in [6, 6.07) is 13.4. The number of carboxylic acid groups (broad SMARTS) is 1. The maximum atomic E-state index is 15.9. The zero-order chi connectivity index (χ0) is 30.1. The number of benzene rings is 3. The molecule has 1 aromatic heterocycles. The van der Waals surface area contributed by atoms with E-state index >= 15 is 4.39 Å². The van der Waals surface area contributed by atoms with Crippen molar-refractivity contribution in [2.45, 2.75) is 60.2 Å². The maximum absolute atomic E-state index is 15.9. The third kappa shape index (κ3) is 6.83. The third-order valence-electron chi connectivity index (χ3n) is 7.28. The largest absolute Gasteiger partial charge is 0.481 e. The van der Waals surface area contributed by atoms with Gasteiger partial charge in [-0.1, -0.05) is 39.5 Å². The number of halogens is 4. The molecule has 0 bridgehead atoms. The molecule has 0 saturated heterocycles. The minimum absolute atomic E-state index is 0. The average Bonchev–Trinajstić information content (AvgIpc) is 3.35. The van der Waals surface area contributed by atoms with Gasteiger partial charge in [-0.3, -0.25) is 9.59 Å². The molecule has 0 aliphatic heterocycles. The molecule has 0 fully saturated rings. The number of fused-ring (bicyclic) bond motifs is 1. The van der Waals surface area contributed by atoms with Crippen molar-refractivity contribution < 1.29 is 32.3 Å². The number of rotatable bonds is 9. The molecular weight excluding hydrogens is 548 g/mol. The average molecular weight is 585 g/mol. The highest BCUT2D eigenvalue weighted by Crippen LogP contribution is 2.39. The monoisotopic (exact) mass is 584 g/mol. The highest BCUT2D eigenvalue weighted by Gasteiger charge is 2.31. The Balaban J connectivity index is 0.00000484. The SMILES string of the molecule is C.Cc1cc(C(F)(F)F)ccc1-c1cc(F)c2c(ccn2C(CC(C)C)c2ccc(C(=O)NCCC(=O)O)cc2)c1C. The smallest absolute Gasteiger partial charge is 0.416 e. The molecule has 0 spiro atoms. The van der Waals surface area contributed by atoms with E-state index < -0.39 is 23.5 Å². The summed E-state index contributed by atoms with van der Waals surface area (Å²) >= 11 is 0. The summed E-state index contributed by atoms with van der Waals surface area (Å²) < 4.78 is 57.3. The Morgan fingerprint density at radius 2 is 1.64 bits per heavy atom. The van der Waals surface area contributed by atoms with Crippen molar-refractivity contribution in [2.24, 2.45) is 5.92 Å². The molecule has 0 aliphatic rings. The summed E-state index contributed by atoms with van der Waals surface area (Å²) in [5.74, 6) is -1.60. The number of hydrogen-bond donors (Lipinski definition) is 2. The number of carbonyl (C=O) groups excluding carboxylic acids is 1. The number of nitrogens with zero attached hydrogens (tertiary/aromatic N) is 1. The predicted octanol–water partition coefficient (Wildman–Crippen LogP) is 8.56. The van der Waals surface area contributed by atoms with Crippen molar-refractivity contribution in [1.82, 2.24) is 9.88 Å². The molecule has 1 heterocycles. The highest BCUT2D eigenvalue weighted by atomic mass is 19.4. The number of nitrogens with one attached hydrogen (secondary N) is 1. The normalized spacial score (nSPS) is 12.3. The van der Waals surface area contributed by atoms with E-state index in [4.69, 9.17) is 5.11 Å². The van der Waals surface area contributed by atoms with Gasteiger partial charge in [0.1, 0.15) is 5.82 Å². The van der Waals surface area contributed by atoms with Gasteiger partial charge in [-0.05, 0) is 90.4 Å². The maximum Gasteiger partial charge on any atom is 0.416 e. The van der Waals surface area contributed by atoms with E-state index in [9.17, 15) is 22.8 Å². The van der Waals surface area contributed by atoms with Crippen LogP contribution in [0, 0.1) is 25.6 Å². The molecule has 0 saturated carbocycles. The second-order valence-electron chi connectivity index (χ2n) is 10.7. The summed E-state index contributed by atoms with van der Waals surface area (Å²) in [5, 5.41) is 12.0. The van der Waals surface area contributed by atoms with Crippen molar-refractivity contribution >= 4 is 22.8 Å². The molecule has 1 unspecified atom stereocenters. The molecule has 9 heteroatoms. The second-order valence-corrected chi connectivity index (χ2v) is 10.7. The first-order valence-electron chi connectivity index (χ1n) is 13.4. The molecule has 3 aromatic carbocycles. The van der Waals surface area contributed by atoms with Gasteiger partial charge in [-0.25, -0.2) is 4.39 Å². The van der Waals surface area contributed by atoms with Gasteiger partial charge in [0.05, 0.1) is 23.5 Å². The Morgan fingerprint density at radius 1 is 0.976 bits per heavy atom. The molecule has 224 valence electrons. The molecular formula is C33H36F4N2O3. The molecule has 0 radical (unpaired) electrons. The van der Waals surface area contributed by atoms with E-state index in [1.807, 2.05) is 35.9 Å². The Labute approximate surface area is 243 Å². The number of alkyl halides is 3. The van der Waals surface area contributed by atoms with Gasteiger partial charge in [0.25, 0.3) is 5.91 Å². The Hall–Kier alpha value is -4.14. The van der Waals surface area contributed by atoms with Crippen LogP contribution in [0.3, 0.4) is 0 Å². The lowest BCUT2D eigenvalue weighted by molar-refractivity contribution is -0.138. The Bertz CT molecular complexity index is 1590. The summed E-state index contributed by atoms with van der Waals surface area (Å²) in [6.07, 6.45) is -2.12. The van der Waals surface area contributed by atoms with Crippen molar-refractivity contribution in [1.29, 1.82) is 0 Å². The van der Waals surface area contributed by atoms with E-state index in [0.717, 1.165) is 23.3 Å². The minimum Gasteiger partial charge on any atom is -0.481 e. The number of amides is 1. The lowest BCUT2D eigenvalue weighted by Crippen LogP contribution is -2.26. The van der Waals surface area contributed by atoms with Gasteiger partial charge in [0, 0.05) is 23.7 Å². The van der Waals surface area contributed by atoms with E-state index in [0.29, 0.717) is 39.6 Å². The highest BCUT2D eigenvalue weighted by molar-refractivity contribution is 5.94. The van der Waals surface area contributed by atoms with Gasteiger partial charge >= 0.3 is 12.1 Å². The van der Waals surface area contributed by atoms with Gasteiger partial charge in [-0.2, -0.15) is 13.2 Å². The lowest BCUT2D eigenvalue weighted by Gasteiger charge is -2.24. The van der Waals surface area contributed by atoms with Crippen LogP contribution in [0.1, 0.15) is 72.8 Å². The predicted molar refractivity (Wildman–Crippen MR) is 157 cm³/mol. The molecule has 4 rings (SSSR count). The van der Waals surface area contributed by atoms with Crippen molar-refractivity contribution in [3.63, 3.8) is 0 Å². The summed E-state index contributed by atoms with van der Waals surface area (Å²) in [4.78, 5) is 23.1. The van der Waals surface area contributed by atoms with Gasteiger partial charge in [0.15, 0.2) is 0 Å². The van der Waals surface area contributed by atoms with Crippen molar-refractivity contribution in [2.75, 3.05) is 6.54 Å². The van der Waals surface area contributed by atoms with Crippen LogP contribution in [0.15, 0.2) is 60.8 Å². The first-order chi connectivity index (χ1) is 19.3. The third-order valence-corrected chi connectivity index (χ3v) is 7.28. The molecule has 4 aromatic rings.